The molecule has 2 unspecified atom stereocenters. The van der Waals surface area contributed by atoms with E-state index in [-0.39, 0.29) is 23.7 Å². The maximum absolute atomic E-state index is 13.2. The van der Waals surface area contributed by atoms with Crippen molar-refractivity contribution in [2.45, 2.75) is 50.0 Å². The largest absolute Gasteiger partial charge is 0.354 e. The normalized spacial score (nSPS) is 28.6. The second kappa shape index (κ2) is 6.73. The molecule has 6 heteroatoms. The fourth-order valence-corrected chi connectivity index (χ4v) is 3.62. The van der Waals surface area contributed by atoms with Crippen molar-refractivity contribution in [3.05, 3.63) is 35.4 Å². The van der Waals surface area contributed by atoms with Gasteiger partial charge in [0.15, 0.2) is 0 Å². The first-order valence-electron chi connectivity index (χ1n) is 7.87. The molecule has 2 N–H and O–H groups in total. The van der Waals surface area contributed by atoms with Gasteiger partial charge >= 0.3 is 0 Å². The molecule has 2 atom stereocenters. The molecule has 1 aliphatic heterocycles. The van der Waals surface area contributed by atoms with Gasteiger partial charge in [0.05, 0.1) is 12.6 Å². The molecule has 1 amide bonds. The van der Waals surface area contributed by atoms with Crippen molar-refractivity contribution in [3.63, 3.8) is 0 Å². The third-order valence-electron chi connectivity index (χ3n) is 4.92. The molecule has 0 aromatic heterocycles. The average molecular weight is 345 g/mol. The molecule has 1 aliphatic carbocycles. The zero-order valence-corrected chi connectivity index (χ0v) is 14.0. The van der Waals surface area contributed by atoms with Crippen LogP contribution in [0.1, 0.15) is 37.3 Å². The van der Waals surface area contributed by atoms with Crippen molar-refractivity contribution in [2.75, 3.05) is 13.1 Å². The molecule has 0 saturated carbocycles. The first kappa shape index (κ1) is 18.1. The number of hydrogen-bond acceptors (Lipinski definition) is 2. The van der Waals surface area contributed by atoms with Crippen LogP contribution in [0.3, 0.4) is 0 Å². The van der Waals surface area contributed by atoms with E-state index in [1.807, 2.05) is 12.1 Å². The SMILES string of the molecule is CC1(CNC(=O)C2CC(F)(F)CN2)CCCc2ccccc21.Cl. The highest BCUT2D eigenvalue weighted by Crippen LogP contribution is 2.36. The van der Waals surface area contributed by atoms with Crippen LogP contribution in [0.25, 0.3) is 0 Å². The van der Waals surface area contributed by atoms with Gasteiger partial charge in [-0.3, -0.25) is 10.1 Å². The minimum absolute atomic E-state index is 0. The Morgan fingerprint density at radius 3 is 2.83 bits per heavy atom. The lowest BCUT2D eigenvalue weighted by molar-refractivity contribution is -0.123. The molecule has 128 valence electrons. The monoisotopic (exact) mass is 344 g/mol. The van der Waals surface area contributed by atoms with Crippen molar-refractivity contribution in [1.29, 1.82) is 0 Å². The van der Waals surface area contributed by atoms with Crippen LogP contribution >= 0.6 is 12.4 Å². The fraction of sp³-hybridized carbons (Fsp3) is 0.588. The van der Waals surface area contributed by atoms with Crippen LogP contribution in [-0.4, -0.2) is 31.0 Å². The summed E-state index contributed by atoms with van der Waals surface area (Å²) in [6.45, 7) is 2.22. The smallest absolute Gasteiger partial charge is 0.262 e. The van der Waals surface area contributed by atoms with E-state index in [9.17, 15) is 13.6 Å². The third-order valence-corrected chi connectivity index (χ3v) is 4.92. The Bertz CT molecular complexity index is 581. The van der Waals surface area contributed by atoms with Crippen molar-refractivity contribution < 1.29 is 13.6 Å². The molecule has 1 heterocycles. The van der Waals surface area contributed by atoms with Crippen LogP contribution in [0.4, 0.5) is 8.78 Å². The van der Waals surface area contributed by atoms with Crippen LogP contribution in [0, 0.1) is 0 Å². The molecule has 0 radical (unpaired) electrons. The predicted octanol–water partition coefficient (Wildman–Crippen LogP) is 2.82. The number of halogens is 3. The Hall–Kier alpha value is -1.20. The minimum Gasteiger partial charge on any atom is -0.354 e. The van der Waals surface area contributed by atoms with E-state index in [4.69, 9.17) is 0 Å². The average Bonchev–Trinajstić information content (AvgIpc) is 2.86. The third kappa shape index (κ3) is 3.83. The van der Waals surface area contributed by atoms with Gasteiger partial charge in [0.1, 0.15) is 0 Å². The standard InChI is InChI=1S/C17H22F2N2O.ClH/c1-16(8-4-6-12-5-2-3-7-13(12)16)10-21-15(22)14-9-17(18,19)11-20-14;/h2-3,5,7,14,20H,4,6,8-11H2,1H3,(H,21,22);1H. The zero-order valence-electron chi connectivity index (χ0n) is 13.2. The molecule has 0 bridgehead atoms. The second-order valence-corrected chi connectivity index (χ2v) is 6.78. The van der Waals surface area contributed by atoms with Crippen LogP contribution in [0.5, 0.6) is 0 Å². The highest BCUT2D eigenvalue weighted by atomic mass is 35.5. The Morgan fingerprint density at radius 2 is 2.13 bits per heavy atom. The van der Waals surface area contributed by atoms with Gasteiger partial charge in [-0.15, -0.1) is 12.4 Å². The highest BCUT2D eigenvalue weighted by molar-refractivity contribution is 5.85. The van der Waals surface area contributed by atoms with Crippen LogP contribution in [0.15, 0.2) is 24.3 Å². The lowest BCUT2D eigenvalue weighted by atomic mass is 9.71. The van der Waals surface area contributed by atoms with E-state index < -0.39 is 24.9 Å². The van der Waals surface area contributed by atoms with Gasteiger partial charge in [0.2, 0.25) is 5.91 Å². The van der Waals surface area contributed by atoms with Gasteiger partial charge in [-0.2, -0.15) is 0 Å². The molecule has 1 aromatic carbocycles. The fourth-order valence-electron chi connectivity index (χ4n) is 3.62. The molecule has 3 rings (SSSR count). The second-order valence-electron chi connectivity index (χ2n) is 6.78. The van der Waals surface area contributed by atoms with E-state index in [0.29, 0.717) is 6.54 Å². The number of nitrogens with one attached hydrogen (secondary N) is 2. The molecule has 2 aliphatic rings. The summed E-state index contributed by atoms with van der Waals surface area (Å²) in [6.07, 6.45) is 2.74. The van der Waals surface area contributed by atoms with E-state index in [2.05, 4.69) is 29.7 Å². The lowest BCUT2D eigenvalue weighted by Gasteiger charge is -2.36. The van der Waals surface area contributed by atoms with Gasteiger partial charge in [0.25, 0.3) is 5.92 Å². The van der Waals surface area contributed by atoms with Gasteiger partial charge in [-0.1, -0.05) is 31.2 Å². The van der Waals surface area contributed by atoms with Crippen LogP contribution in [-0.2, 0) is 16.6 Å². The van der Waals surface area contributed by atoms with Crippen molar-refractivity contribution in [3.8, 4) is 0 Å². The number of alkyl halides is 2. The number of amides is 1. The molecule has 23 heavy (non-hydrogen) atoms. The van der Waals surface area contributed by atoms with Gasteiger partial charge in [0, 0.05) is 18.4 Å². The van der Waals surface area contributed by atoms with E-state index in [1.54, 1.807) is 0 Å². The van der Waals surface area contributed by atoms with Gasteiger partial charge < -0.3 is 5.32 Å². The molecule has 1 aromatic rings. The number of aryl methyl sites for hydroxylation is 1. The summed E-state index contributed by atoms with van der Waals surface area (Å²) in [5.74, 6) is -3.09. The summed E-state index contributed by atoms with van der Waals surface area (Å²) in [6, 6.07) is 7.52. The zero-order chi connectivity index (χ0) is 15.8. The number of rotatable bonds is 3. The first-order chi connectivity index (χ1) is 10.4. The summed E-state index contributed by atoms with van der Waals surface area (Å²) in [5, 5.41) is 5.48. The summed E-state index contributed by atoms with van der Waals surface area (Å²) in [7, 11) is 0. The Kier molecular flexibility index (Phi) is 5.31. The molecular weight excluding hydrogens is 322 g/mol. The summed E-state index contributed by atoms with van der Waals surface area (Å²) < 4.78 is 26.4. The Balaban J connectivity index is 0.00000192. The molecule has 1 fully saturated rings. The number of hydrogen-bond donors (Lipinski definition) is 2. The number of fused-ring (bicyclic) bond motifs is 1. The van der Waals surface area contributed by atoms with Crippen molar-refractivity contribution in [1.82, 2.24) is 10.6 Å². The number of carbonyl (C=O) groups is 1. The number of benzene rings is 1. The van der Waals surface area contributed by atoms with E-state index in [0.717, 1.165) is 19.3 Å². The molecular formula is C17H23ClF2N2O. The van der Waals surface area contributed by atoms with E-state index in [1.165, 1.54) is 11.1 Å². The van der Waals surface area contributed by atoms with Crippen molar-refractivity contribution >= 4 is 18.3 Å². The molecule has 3 nitrogen and oxygen atoms in total. The predicted molar refractivity (Wildman–Crippen MR) is 88.3 cm³/mol. The van der Waals surface area contributed by atoms with Gasteiger partial charge in [-0.05, 0) is 30.4 Å². The molecule has 0 spiro atoms. The number of carbonyl (C=O) groups excluding carboxylic acids is 1. The quantitative estimate of drug-likeness (QED) is 0.885. The van der Waals surface area contributed by atoms with Crippen LogP contribution in [0.2, 0.25) is 0 Å². The Labute approximate surface area is 141 Å². The maximum atomic E-state index is 13.2. The molecule has 1 saturated heterocycles. The minimum atomic E-state index is -2.77. The summed E-state index contributed by atoms with van der Waals surface area (Å²) in [4.78, 5) is 12.1. The van der Waals surface area contributed by atoms with Gasteiger partial charge in [-0.25, -0.2) is 8.78 Å². The lowest BCUT2D eigenvalue weighted by Crippen LogP contribution is -2.46. The van der Waals surface area contributed by atoms with Crippen molar-refractivity contribution in [2.24, 2.45) is 0 Å². The summed E-state index contributed by atoms with van der Waals surface area (Å²) >= 11 is 0. The topological polar surface area (TPSA) is 41.1 Å². The highest BCUT2D eigenvalue weighted by Gasteiger charge is 2.42. The van der Waals surface area contributed by atoms with Crippen LogP contribution < -0.4 is 10.6 Å². The summed E-state index contributed by atoms with van der Waals surface area (Å²) in [5.41, 5.74) is 2.48. The Morgan fingerprint density at radius 1 is 1.39 bits per heavy atom. The first-order valence-corrected chi connectivity index (χ1v) is 7.87. The maximum Gasteiger partial charge on any atom is 0.262 e. The van der Waals surface area contributed by atoms with E-state index >= 15 is 0 Å².